The summed E-state index contributed by atoms with van der Waals surface area (Å²) < 4.78 is 1.88. The number of benzene rings is 1. The van der Waals surface area contributed by atoms with Crippen molar-refractivity contribution < 1.29 is 0 Å². The molecule has 0 amide bonds. The quantitative estimate of drug-likeness (QED) is 0.532. The van der Waals surface area contributed by atoms with Crippen molar-refractivity contribution in [3.8, 4) is 0 Å². The molecule has 2 nitrogen and oxygen atoms in total. The molecule has 11 heavy (non-hydrogen) atoms. The topological polar surface area (TPSA) is 17.8 Å². The highest BCUT2D eigenvalue weighted by molar-refractivity contribution is 7.27. The summed E-state index contributed by atoms with van der Waals surface area (Å²) in [6.07, 6.45) is 1.87. The van der Waals surface area contributed by atoms with E-state index in [-0.39, 0.29) is 0 Å². The average Bonchev–Trinajstić information content (AvgIpc) is 2.33. The Bertz CT molecular complexity index is 392. The molecule has 1 aromatic carbocycles. The lowest BCUT2D eigenvalue weighted by molar-refractivity contribution is 0.797. The number of aryl methyl sites for hydroxylation is 1. The monoisotopic (exact) mass is 164 g/mol. The number of hydrogen-bond acceptors (Lipinski definition) is 1. The molecule has 56 valence electrons. The second kappa shape index (κ2) is 2.31. The van der Waals surface area contributed by atoms with Gasteiger partial charge in [-0.1, -0.05) is 12.1 Å². The van der Waals surface area contributed by atoms with Crippen molar-refractivity contribution >= 4 is 25.4 Å². The van der Waals surface area contributed by atoms with Gasteiger partial charge in [0.15, 0.2) is 0 Å². The summed E-state index contributed by atoms with van der Waals surface area (Å²) in [5, 5.41) is 6.53. The molecule has 0 radical (unpaired) electrons. The first kappa shape index (κ1) is 6.81. The molecule has 0 aliphatic carbocycles. The molecule has 0 fully saturated rings. The number of aromatic nitrogens is 2. The number of nitrogens with zero attached hydrogens (tertiary/aromatic N) is 2. The van der Waals surface area contributed by atoms with E-state index in [1.54, 1.807) is 0 Å². The molecule has 1 aromatic heterocycles. The number of rotatable bonds is 0. The Morgan fingerprint density at radius 1 is 1.45 bits per heavy atom. The van der Waals surface area contributed by atoms with Crippen molar-refractivity contribution in [1.29, 1.82) is 0 Å². The van der Waals surface area contributed by atoms with E-state index < -0.39 is 0 Å². The minimum absolute atomic E-state index is 1.18. The molecule has 2 rings (SSSR count). The lowest BCUT2D eigenvalue weighted by atomic mass is 10.3. The van der Waals surface area contributed by atoms with Gasteiger partial charge in [0.25, 0.3) is 0 Å². The van der Waals surface area contributed by atoms with Crippen LogP contribution in [0.4, 0.5) is 0 Å². The summed E-state index contributed by atoms with van der Waals surface area (Å²) in [4.78, 5) is 0. The van der Waals surface area contributed by atoms with E-state index in [0.717, 1.165) is 0 Å². The van der Waals surface area contributed by atoms with Gasteiger partial charge in [-0.15, -0.1) is 9.24 Å². The van der Waals surface area contributed by atoms with Crippen LogP contribution < -0.4 is 5.30 Å². The largest absolute Gasteiger partial charge is 0.268 e. The second-order valence-corrected chi connectivity index (χ2v) is 3.25. The Morgan fingerprint density at radius 3 is 3.09 bits per heavy atom. The van der Waals surface area contributed by atoms with Crippen LogP contribution in [-0.4, -0.2) is 9.78 Å². The van der Waals surface area contributed by atoms with Crippen LogP contribution in [-0.2, 0) is 7.05 Å². The van der Waals surface area contributed by atoms with Gasteiger partial charge < -0.3 is 0 Å². The van der Waals surface area contributed by atoms with Crippen LogP contribution in [0.15, 0.2) is 24.4 Å². The van der Waals surface area contributed by atoms with E-state index in [1.165, 1.54) is 16.2 Å². The van der Waals surface area contributed by atoms with Crippen LogP contribution in [0.2, 0.25) is 0 Å². The zero-order valence-corrected chi connectivity index (χ0v) is 7.44. The van der Waals surface area contributed by atoms with E-state index >= 15 is 0 Å². The molecule has 3 heteroatoms. The predicted molar refractivity (Wildman–Crippen MR) is 50.1 cm³/mol. The van der Waals surface area contributed by atoms with Crippen molar-refractivity contribution in [1.82, 2.24) is 9.78 Å². The highest BCUT2D eigenvalue weighted by Gasteiger charge is 1.96. The van der Waals surface area contributed by atoms with Gasteiger partial charge in [0.05, 0.1) is 11.7 Å². The summed E-state index contributed by atoms with van der Waals surface area (Å²) >= 11 is 0. The van der Waals surface area contributed by atoms with Crippen molar-refractivity contribution in [2.24, 2.45) is 7.05 Å². The molecule has 0 saturated carbocycles. The third-order valence-electron chi connectivity index (χ3n) is 1.77. The average molecular weight is 164 g/mol. The van der Waals surface area contributed by atoms with Gasteiger partial charge in [-0.25, -0.2) is 0 Å². The third-order valence-corrected chi connectivity index (χ3v) is 2.13. The molecule has 0 aliphatic rings. The third kappa shape index (κ3) is 1.04. The Morgan fingerprint density at radius 2 is 2.27 bits per heavy atom. The predicted octanol–water partition coefficient (Wildman–Crippen LogP) is 1.07. The molecule has 0 bridgehead atoms. The first-order valence-electron chi connectivity index (χ1n) is 3.44. The van der Waals surface area contributed by atoms with Gasteiger partial charge in [0, 0.05) is 12.4 Å². The zero-order valence-electron chi connectivity index (χ0n) is 6.28. The van der Waals surface area contributed by atoms with E-state index in [1.807, 2.05) is 17.9 Å². The molecular weight excluding hydrogens is 155 g/mol. The molecule has 1 atom stereocenters. The molecule has 0 aliphatic heterocycles. The van der Waals surface area contributed by atoms with Crippen LogP contribution in [0.1, 0.15) is 0 Å². The standard InChI is InChI=1S/C8H9N2P/c1-10-8-4-7(11)3-2-6(8)5-9-10/h2-5H,11H2,1H3. The molecule has 2 aromatic rings. The van der Waals surface area contributed by atoms with Gasteiger partial charge in [0.2, 0.25) is 0 Å². The van der Waals surface area contributed by atoms with Crippen LogP contribution in [0.3, 0.4) is 0 Å². The van der Waals surface area contributed by atoms with Gasteiger partial charge in [0.1, 0.15) is 0 Å². The summed E-state index contributed by atoms with van der Waals surface area (Å²) in [6.45, 7) is 0. The van der Waals surface area contributed by atoms with Crippen LogP contribution in [0.25, 0.3) is 10.9 Å². The maximum absolute atomic E-state index is 4.14. The minimum atomic E-state index is 1.18. The molecule has 1 heterocycles. The minimum Gasteiger partial charge on any atom is -0.268 e. The summed E-state index contributed by atoms with van der Waals surface area (Å²) in [6, 6.07) is 6.24. The molecular formula is C8H9N2P. The zero-order chi connectivity index (χ0) is 7.84. The summed E-state index contributed by atoms with van der Waals surface area (Å²) in [5.41, 5.74) is 1.18. The second-order valence-electron chi connectivity index (χ2n) is 2.59. The van der Waals surface area contributed by atoms with Crippen LogP contribution in [0.5, 0.6) is 0 Å². The fraction of sp³-hybridized carbons (Fsp3) is 0.125. The Kier molecular flexibility index (Phi) is 1.43. The van der Waals surface area contributed by atoms with Gasteiger partial charge in [-0.2, -0.15) is 5.10 Å². The lowest BCUT2D eigenvalue weighted by Gasteiger charge is -1.94. The van der Waals surface area contributed by atoms with Gasteiger partial charge in [-0.3, -0.25) is 4.68 Å². The van der Waals surface area contributed by atoms with E-state index in [2.05, 4.69) is 32.5 Å². The number of hydrogen-bond donors (Lipinski definition) is 0. The molecule has 1 unspecified atom stereocenters. The Hall–Kier alpha value is -0.880. The van der Waals surface area contributed by atoms with Crippen LogP contribution >= 0.6 is 9.24 Å². The first-order chi connectivity index (χ1) is 5.27. The summed E-state index contributed by atoms with van der Waals surface area (Å²) in [7, 11) is 4.63. The van der Waals surface area contributed by atoms with Crippen molar-refractivity contribution in [3.63, 3.8) is 0 Å². The molecule has 0 spiro atoms. The normalized spacial score (nSPS) is 10.7. The smallest absolute Gasteiger partial charge is 0.0685 e. The SMILES string of the molecule is Cn1ncc2ccc(P)cc21. The summed E-state index contributed by atoms with van der Waals surface area (Å²) in [5.74, 6) is 0. The lowest BCUT2D eigenvalue weighted by Crippen LogP contribution is -1.93. The Labute approximate surface area is 67.4 Å². The van der Waals surface area contributed by atoms with Crippen molar-refractivity contribution in [2.45, 2.75) is 0 Å². The molecule has 0 saturated heterocycles. The first-order valence-corrected chi connectivity index (χ1v) is 4.02. The van der Waals surface area contributed by atoms with Crippen molar-refractivity contribution in [3.05, 3.63) is 24.4 Å². The highest BCUT2D eigenvalue weighted by Crippen LogP contribution is 2.10. The van der Waals surface area contributed by atoms with Gasteiger partial charge >= 0.3 is 0 Å². The highest BCUT2D eigenvalue weighted by atomic mass is 31.0. The fourth-order valence-corrected chi connectivity index (χ4v) is 1.42. The number of fused-ring (bicyclic) bond motifs is 1. The fourth-order valence-electron chi connectivity index (χ4n) is 1.16. The van der Waals surface area contributed by atoms with E-state index in [9.17, 15) is 0 Å². The molecule has 0 N–H and O–H groups in total. The van der Waals surface area contributed by atoms with Crippen molar-refractivity contribution in [2.75, 3.05) is 0 Å². The van der Waals surface area contributed by atoms with E-state index in [4.69, 9.17) is 0 Å². The van der Waals surface area contributed by atoms with Crippen LogP contribution in [0, 0.1) is 0 Å². The van der Waals surface area contributed by atoms with Gasteiger partial charge in [-0.05, 0) is 11.4 Å². The Balaban J connectivity index is 2.87. The van der Waals surface area contributed by atoms with E-state index in [0.29, 0.717) is 0 Å². The maximum atomic E-state index is 4.14. The maximum Gasteiger partial charge on any atom is 0.0685 e.